The monoisotopic (exact) mass is 335 g/mol. The number of alkyl halides is 1. The minimum Gasteiger partial charge on any atom is -0.370 e. The molecule has 1 unspecified atom stereocenters. The summed E-state index contributed by atoms with van der Waals surface area (Å²) in [5, 5.41) is 0. The van der Waals surface area contributed by atoms with E-state index in [1.54, 1.807) is 6.92 Å². The van der Waals surface area contributed by atoms with Gasteiger partial charge in [0.2, 0.25) is 10.0 Å². The van der Waals surface area contributed by atoms with E-state index in [1.165, 1.54) is 16.4 Å². The van der Waals surface area contributed by atoms with Crippen LogP contribution in [0.25, 0.3) is 0 Å². The second-order valence-electron chi connectivity index (χ2n) is 5.88. The van der Waals surface area contributed by atoms with Gasteiger partial charge in [-0.1, -0.05) is 6.07 Å². The van der Waals surface area contributed by atoms with Crippen molar-refractivity contribution in [2.75, 3.05) is 13.1 Å². The van der Waals surface area contributed by atoms with Gasteiger partial charge in [0.25, 0.3) is 0 Å². The lowest BCUT2D eigenvalue weighted by atomic mass is 10.1. The second kappa shape index (κ2) is 5.83. The van der Waals surface area contributed by atoms with Gasteiger partial charge in [0.15, 0.2) is 0 Å². The molecule has 4 nitrogen and oxygen atoms in total. The van der Waals surface area contributed by atoms with Gasteiger partial charge in [-0.05, 0) is 38.5 Å². The molecule has 0 N–H and O–H groups in total. The molecule has 1 aromatic rings. The van der Waals surface area contributed by atoms with E-state index in [1.807, 2.05) is 13.8 Å². The summed E-state index contributed by atoms with van der Waals surface area (Å²) in [5.74, 6) is -0.630. The van der Waals surface area contributed by atoms with Crippen molar-refractivity contribution in [2.45, 2.75) is 43.3 Å². The number of rotatable bonds is 3. The first-order chi connectivity index (χ1) is 9.65. The van der Waals surface area contributed by atoms with Crippen molar-refractivity contribution in [3.05, 3.63) is 29.6 Å². The molecule has 2 rings (SSSR count). The van der Waals surface area contributed by atoms with Gasteiger partial charge < -0.3 is 4.74 Å². The fourth-order valence-electron chi connectivity index (χ4n) is 2.55. The number of nitrogens with zero attached hydrogens (tertiary/aromatic N) is 1. The van der Waals surface area contributed by atoms with E-state index in [4.69, 9.17) is 16.3 Å². The smallest absolute Gasteiger partial charge is 0.246 e. The highest BCUT2D eigenvalue weighted by molar-refractivity contribution is 7.89. The molecule has 1 heterocycles. The van der Waals surface area contributed by atoms with Crippen LogP contribution in [0.4, 0.5) is 4.39 Å². The zero-order valence-electron chi connectivity index (χ0n) is 12.3. The van der Waals surface area contributed by atoms with E-state index in [-0.39, 0.29) is 30.0 Å². The molecule has 0 saturated carbocycles. The normalized spacial score (nSPS) is 23.2. The lowest BCUT2D eigenvalue weighted by Crippen LogP contribution is -2.53. The summed E-state index contributed by atoms with van der Waals surface area (Å²) in [6.45, 7) is 5.82. The summed E-state index contributed by atoms with van der Waals surface area (Å²) in [6, 6.07) is 3.91. The standard InChI is InChI=1S/C14H19ClFNO3S/c1-10-8-17(9-14(2,3)20-10)21(18,19)13-6-11(7-15)4-5-12(13)16/h4-6,10H,7-9H2,1-3H3. The fraction of sp³-hybridized carbons (Fsp3) is 0.571. The Hall–Kier alpha value is -0.690. The third kappa shape index (κ3) is 3.56. The Morgan fingerprint density at radius 1 is 1.48 bits per heavy atom. The van der Waals surface area contributed by atoms with Crippen LogP contribution in [0.15, 0.2) is 23.1 Å². The van der Waals surface area contributed by atoms with Crippen molar-refractivity contribution in [1.82, 2.24) is 4.31 Å². The van der Waals surface area contributed by atoms with Crippen LogP contribution in [0.5, 0.6) is 0 Å². The Kier molecular flexibility index (Phi) is 4.63. The minimum atomic E-state index is -3.91. The number of hydrogen-bond acceptors (Lipinski definition) is 3. The van der Waals surface area contributed by atoms with Crippen LogP contribution in [0.1, 0.15) is 26.3 Å². The zero-order valence-corrected chi connectivity index (χ0v) is 13.8. The number of halogens is 2. The molecule has 0 aromatic heterocycles. The molecule has 21 heavy (non-hydrogen) atoms. The largest absolute Gasteiger partial charge is 0.370 e. The number of morpholine rings is 1. The number of ether oxygens (including phenoxy) is 1. The molecule has 1 aromatic carbocycles. The summed E-state index contributed by atoms with van der Waals surface area (Å²) in [7, 11) is -3.91. The van der Waals surface area contributed by atoms with E-state index in [2.05, 4.69) is 0 Å². The molecule has 7 heteroatoms. The van der Waals surface area contributed by atoms with Gasteiger partial charge in [0.1, 0.15) is 10.7 Å². The van der Waals surface area contributed by atoms with Crippen LogP contribution in [0, 0.1) is 5.82 Å². The van der Waals surface area contributed by atoms with E-state index >= 15 is 0 Å². The maximum atomic E-state index is 14.0. The summed E-state index contributed by atoms with van der Waals surface area (Å²) in [4.78, 5) is -0.328. The first-order valence-corrected chi connectivity index (χ1v) is 8.65. The van der Waals surface area contributed by atoms with E-state index < -0.39 is 21.4 Å². The predicted molar refractivity (Wildman–Crippen MR) is 79.3 cm³/mol. The fourth-order valence-corrected chi connectivity index (χ4v) is 4.49. The van der Waals surface area contributed by atoms with Crippen molar-refractivity contribution in [1.29, 1.82) is 0 Å². The molecule has 0 spiro atoms. The van der Waals surface area contributed by atoms with E-state index in [0.717, 1.165) is 6.07 Å². The second-order valence-corrected chi connectivity index (χ2v) is 8.06. The molecule has 0 bridgehead atoms. The third-order valence-electron chi connectivity index (χ3n) is 3.31. The Morgan fingerprint density at radius 2 is 2.14 bits per heavy atom. The first-order valence-electron chi connectivity index (χ1n) is 6.68. The van der Waals surface area contributed by atoms with Crippen molar-refractivity contribution >= 4 is 21.6 Å². The quantitative estimate of drug-likeness (QED) is 0.798. The topological polar surface area (TPSA) is 46.6 Å². The summed E-state index contributed by atoms with van der Waals surface area (Å²) < 4.78 is 46.3. The highest BCUT2D eigenvalue weighted by Gasteiger charge is 2.38. The summed E-state index contributed by atoms with van der Waals surface area (Å²) in [5.41, 5.74) is -0.0390. The first kappa shape index (κ1) is 16.7. The molecular formula is C14H19ClFNO3S. The van der Waals surface area contributed by atoms with Gasteiger partial charge in [-0.2, -0.15) is 4.31 Å². The van der Waals surface area contributed by atoms with Crippen molar-refractivity contribution in [3.8, 4) is 0 Å². The minimum absolute atomic E-state index is 0.133. The molecular weight excluding hydrogens is 317 g/mol. The van der Waals surface area contributed by atoms with Crippen LogP contribution in [-0.4, -0.2) is 37.5 Å². The van der Waals surface area contributed by atoms with Crippen molar-refractivity contribution in [2.24, 2.45) is 0 Å². The van der Waals surface area contributed by atoms with Crippen LogP contribution >= 0.6 is 11.6 Å². The molecule has 1 fully saturated rings. The molecule has 0 amide bonds. The predicted octanol–water partition coefficient (Wildman–Crippen LogP) is 2.75. The van der Waals surface area contributed by atoms with E-state index in [0.29, 0.717) is 5.56 Å². The van der Waals surface area contributed by atoms with Gasteiger partial charge in [-0.25, -0.2) is 12.8 Å². The van der Waals surface area contributed by atoms with Gasteiger partial charge in [-0.15, -0.1) is 11.6 Å². The maximum Gasteiger partial charge on any atom is 0.246 e. The Balaban J connectivity index is 2.42. The average molecular weight is 336 g/mol. The van der Waals surface area contributed by atoms with Crippen LogP contribution in [0.3, 0.4) is 0 Å². The number of hydrogen-bond donors (Lipinski definition) is 0. The molecule has 1 atom stereocenters. The van der Waals surface area contributed by atoms with Gasteiger partial charge in [-0.3, -0.25) is 0 Å². The van der Waals surface area contributed by atoms with Crippen LogP contribution in [-0.2, 0) is 20.6 Å². The molecule has 0 radical (unpaired) electrons. The molecule has 1 aliphatic rings. The van der Waals surface area contributed by atoms with Crippen molar-refractivity contribution in [3.63, 3.8) is 0 Å². The van der Waals surface area contributed by atoms with Crippen molar-refractivity contribution < 1.29 is 17.5 Å². The highest BCUT2D eigenvalue weighted by atomic mass is 35.5. The number of benzene rings is 1. The van der Waals surface area contributed by atoms with Crippen LogP contribution in [0.2, 0.25) is 0 Å². The zero-order chi connectivity index (χ0) is 15.8. The third-order valence-corrected chi connectivity index (χ3v) is 5.44. The number of sulfonamides is 1. The molecule has 118 valence electrons. The SMILES string of the molecule is CC1CN(S(=O)(=O)c2cc(CCl)ccc2F)CC(C)(C)O1. The molecule has 0 aliphatic carbocycles. The maximum absolute atomic E-state index is 14.0. The molecule has 1 aliphatic heterocycles. The van der Waals surface area contributed by atoms with Crippen LogP contribution < -0.4 is 0 Å². The molecule has 1 saturated heterocycles. The Morgan fingerprint density at radius 3 is 2.71 bits per heavy atom. The average Bonchev–Trinajstić information content (AvgIpc) is 2.36. The summed E-state index contributed by atoms with van der Waals surface area (Å²) >= 11 is 5.70. The Bertz CT molecular complexity index is 633. The van der Waals surface area contributed by atoms with E-state index in [9.17, 15) is 12.8 Å². The lowest BCUT2D eigenvalue weighted by molar-refractivity contribution is -0.109. The summed E-state index contributed by atoms with van der Waals surface area (Å²) in [6.07, 6.45) is -0.247. The highest BCUT2D eigenvalue weighted by Crippen LogP contribution is 2.28. The lowest BCUT2D eigenvalue weighted by Gasteiger charge is -2.40. The van der Waals surface area contributed by atoms with Gasteiger partial charge in [0, 0.05) is 19.0 Å². The van der Waals surface area contributed by atoms with Gasteiger partial charge in [0.05, 0.1) is 11.7 Å². The van der Waals surface area contributed by atoms with Gasteiger partial charge >= 0.3 is 0 Å². The Labute approximate surface area is 129 Å².